The van der Waals surface area contributed by atoms with Crippen LogP contribution >= 0.6 is 0 Å². The van der Waals surface area contributed by atoms with Gasteiger partial charge < -0.3 is 29.0 Å². The Bertz CT molecular complexity index is 1400. The predicted octanol–water partition coefficient (Wildman–Crippen LogP) is 4.25. The van der Waals surface area contributed by atoms with Crippen LogP contribution in [0.1, 0.15) is 29.9 Å². The van der Waals surface area contributed by atoms with Gasteiger partial charge in [0.1, 0.15) is 17.3 Å². The minimum Gasteiger partial charge on any atom is -0.493 e. The number of nitrogens with zero attached hydrogens (tertiary/aromatic N) is 4. The van der Waals surface area contributed by atoms with E-state index in [9.17, 15) is 4.79 Å². The van der Waals surface area contributed by atoms with Crippen molar-refractivity contribution >= 4 is 22.6 Å². The molecule has 1 unspecified atom stereocenters. The molecule has 0 saturated carbocycles. The van der Waals surface area contributed by atoms with Gasteiger partial charge >= 0.3 is 0 Å². The first-order valence-electron chi connectivity index (χ1n) is 11.8. The minimum absolute atomic E-state index is 0.0209. The van der Waals surface area contributed by atoms with Crippen LogP contribution in [0.15, 0.2) is 48.9 Å². The number of rotatable bonds is 9. The summed E-state index contributed by atoms with van der Waals surface area (Å²) >= 11 is 0. The molecule has 5 rings (SSSR count). The average molecular weight is 506 g/mol. The van der Waals surface area contributed by atoms with Crippen molar-refractivity contribution in [1.82, 2.24) is 19.7 Å². The Morgan fingerprint density at radius 2 is 1.92 bits per heavy atom. The zero-order chi connectivity index (χ0) is 25.8. The minimum atomic E-state index is -0.366. The molecule has 1 aliphatic rings. The van der Waals surface area contributed by atoms with Crippen molar-refractivity contribution in [2.75, 3.05) is 39.4 Å². The van der Waals surface area contributed by atoms with Crippen molar-refractivity contribution in [3.05, 3.63) is 54.6 Å². The predicted molar refractivity (Wildman–Crippen MR) is 135 cm³/mol. The van der Waals surface area contributed by atoms with Crippen LogP contribution in [0.3, 0.4) is 0 Å². The van der Waals surface area contributed by atoms with E-state index in [2.05, 4.69) is 20.4 Å². The number of benzene rings is 1. The van der Waals surface area contributed by atoms with Gasteiger partial charge in [0.05, 0.1) is 51.4 Å². The molecule has 4 aromatic rings. The molecule has 1 N–H and O–H groups in total. The number of hydrogen-bond acceptors (Lipinski definition) is 9. The molecule has 1 saturated heterocycles. The molecule has 0 radical (unpaired) electrons. The van der Waals surface area contributed by atoms with Crippen LogP contribution < -0.4 is 24.3 Å². The third-order valence-electron chi connectivity index (χ3n) is 5.94. The molecule has 11 heteroatoms. The SMILES string of the molecule is CCOc1cnn(C2CCOC2)c1C(=O)Nc1ccc(Oc2ccnc3cc(OC)c(OC)cc23)cn1. The van der Waals surface area contributed by atoms with Gasteiger partial charge in [0.15, 0.2) is 22.9 Å². The number of nitrogens with one attached hydrogen (secondary N) is 1. The Labute approximate surface area is 213 Å². The molecule has 0 aliphatic carbocycles. The number of carbonyl (C=O) groups is 1. The van der Waals surface area contributed by atoms with Gasteiger partial charge in [0.25, 0.3) is 5.91 Å². The lowest BCUT2D eigenvalue weighted by atomic mass is 10.2. The number of carbonyl (C=O) groups excluding carboxylic acids is 1. The van der Waals surface area contributed by atoms with Crippen molar-refractivity contribution in [1.29, 1.82) is 0 Å². The first-order valence-corrected chi connectivity index (χ1v) is 11.8. The number of hydrogen-bond donors (Lipinski definition) is 1. The molecule has 11 nitrogen and oxygen atoms in total. The second kappa shape index (κ2) is 10.7. The number of aromatic nitrogens is 4. The molecule has 37 heavy (non-hydrogen) atoms. The number of anilines is 1. The fraction of sp³-hybridized carbons (Fsp3) is 0.308. The maximum Gasteiger partial charge on any atom is 0.278 e. The number of pyridine rings is 2. The summed E-state index contributed by atoms with van der Waals surface area (Å²) in [6.07, 6.45) is 5.53. The lowest BCUT2D eigenvalue weighted by molar-refractivity contribution is 0.100. The molecule has 192 valence electrons. The average Bonchev–Trinajstić information content (AvgIpc) is 3.60. The van der Waals surface area contributed by atoms with Gasteiger partial charge in [0.2, 0.25) is 0 Å². The van der Waals surface area contributed by atoms with Crippen LogP contribution in [0.4, 0.5) is 5.82 Å². The highest BCUT2D eigenvalue weighted by Gasteiger charge is 2.27. The number of methoxy groups -OCH3 is 2. The van der Waals surface area contributed by atoms with Crippen LogP contribution in [0.2, 0.25) is 0 Å². The van der Waals surface area contributed by atoms with Crippen LogP contribution in [0, 0.1) is 0 Å². The third-order valence-corrected chi connectivity index (χ3v) is 5.94. The van der Waals surface area contributed by atoms with E-state index in [-0.39, 0.29) is 11.9 Å². The summed E-state index contributed by atoms with van der Waals surface area (Å²) < 4.78 is 29.6. The van der Waals surface area contributed by atoms with Crippen LogP contribution in [-0.4, -0.2) is 59.7 Å². The highest BCUT2D eigenvalue weighted by atomic mass is 16.5. The molecule has 3 aromatic heterocycles. The first-order chi connectivity index (χ1) is 18.1. The van der Waals surface area contributed by atoms with Gasteiger partial charge in [-0.05, 0) is 37.6 Å². The maximum atomic E-state index is 13.2. The summed E-state index contributed by atoms with van der Waals surface area (Å²) in [4.78, 5) is 21.9. The van der Waals surface area contributed by atoms with Gasteiger partial charge in [-0.2, -0.15) is 5.10 Å². The van der Waals surface area contributed by atoms with Crippen molar-refractivity contribution in [3.8, 4) is 28.7 Å². The van der Waals surface area contributed by atoms with Crippen LogP contribution in [0.25, 0.3) is 10.9 Å². The Kier molecular flexibility index (Phi) is 7.04. The fourth-order valence-electron chi connectivity index (χ4n) is 4.17. The molecular formula is C26H27N5O6. The third kappa shape index (κ3) is 4.98. The topological polar surface area (TPSA) is 119 Å². The van der Waals surface area contributed by atoms with E-state index in [4.69, 9.17) is 23.7 Å². The van der Waals surface area contributed by atoms with Crippen molar-refractivity contribution in [2.45, 2.75) is 19.4 Å². The lowest BCUT2D eigenvalue weighted by Gasteiger charge is -2.14. The van der Waals surface area contributed by atoms with Gasteiger partial charge in [-0.15, -0.1) is 0 Å². The smallest absolute Gasteiger partial charge is 0.278 e. The summed E-state index contributed by atoms with van der Waals surface area (Å²) in [6, 6.07) is 8.73. The Hall–Kier alpha value is -4.38. The Morgan fingerprint density at radius 1 is 1.08 bits per heavy atom. The summed E-state index contributed by atoms with van der Waals surface area (Å²) in [7, 11) is 3.15. The van der Waals surface area contributed by atoms with E-state index >= 15 is 0 Å². The lowest BCUT2D eigenvalue weighted by Crippen LogP contribution is -2.22. The molecule has 1 aromatic carbocycles. The van der Waals surface area contributed by atoms with E-state index in [0.717, 1.165) is 11.8 Å². The summed E-state index contributed by atoms with van der Waals surface area (Å²) in [5.41, 5.74) is 1.04. The molecular weight excluding hydrogens is 478 g/mol. The van der Waals surface area contributed by atoms with Crippen molar-refractivity contribution < 1.29 is 28.5 Å². The fourth-order valence-corrected chi connectivity index (χ4v) is 4.17. The molecule has 1 amide bonds. The summed E-state index contributed by atoms with van der Waals surface area (Å²) in [5.74, 6) is 2.63. The second-order valence-corrected chi connectivity index (χ2v) is 8.22. The quantitative estimate of drug-likeness (QED) is 0.356. The Balaban J connectivity index is 1.35. The highest BCUT2D eigenvalue weighted by Crippen LogP contribution is 2.37. The first kappa shape index (κ1) is 24.3. The van der Waals surface area contributed by atoms with Crippen LogP contribution in [-0.2, 0) is 4.74 Å². The molecule has 1 fully saturated rings. The standard InChI is InChI=1S/C26H27N5O6/c1-4-36-23-14-29-31(16-8-10-35-15-16)25(23)26(32)30-24-6-5-17(13-28-24)37-20-7-9-27-19-12-22(34-3)21(33-2)11-18(19)20/h5-7,9,11-14,16H,4,8,10,15H2,1-3H3,(H,28,30,32). The zero-order valence-electron chi connectivity index (χ0n) is 20.8. The Morgan fingerprint density at radius 3 is 2.62 bits per heavy atom. The van der Waals surface area contributed by atoms with E-state index in [1.165, 1.54) is 6.20 Å². The highest BCUT2D eigenvalue weighted by molar-refractivity contribution is 6.04. The molecule has 0 bridgehead atoms. The normalized spacial score (nSPS) is 14.9. The zero-order valence-corrected chi connectivity index (χ0v) is 20.8. The monoisotopic (exact) mass is 505 g/mol. The van der Waals surface area contributed by atoms with E-state index < -0.39 is 0 Å². The summed E-state index contributed by atoms with van der Waals surface area (Å²) in [6.45, 7) is 3.40. The van der Waals surface area contributed by atoms with Gasteiger partial charge in [-0.25, -0.2) is 4.98 Å². The maximum absolute atomic E-state index is 13.2. The molecule has 1 aliphatic heterocycles. The van der Waals surface area contributed by atoms with E-state index in [1.807, 2.05) is 13.0 Å². The van der Waals surface area contributed by atoms with Gasteiger partial charge in [-0.1, -0.05) is 0 Å². The second-order valence-electron chi connectivity index (χ2n) is 8.22. The van der Waals surface area contributed by atoms with Crippen molar-refractivity contribution in [3.63, 3.8) is 0 Å². The summed E-state index contributed by atoms with van der Waals surface area (Å²) in [5, 5.41) is 7.96. The van der Waals surface area contributed by atoms with Crippen LogP contribution in [0.5, 0.6) is 28.7 Å². The molecule has 4 heterocycles. The van der Waals surface area contributed by atoms with E-state index in [1.54, 1.807) is 55.6 Å². The molecule has 1 atom stereocenters. The van der Waals surface area contributed by atoms with Gasteiger partial charge in [0, 0.05) is 24.3 Å². The van der Waals surface area contributed by atoms with E-state index in [0.29, 0.717) is 65.6 Å². The number of amides is 1. The molecule has 0 spiro atoms. The number of fused-ring (bicyclic) bond motifs is 1. The van der Waals surface area contributed by atoms with Crippen molar-refractivity contribution in [2.24, 2.45) is 0 Å². The van der Waals surface area contributed by atoms with Gasteiger partial charge in [-0.3, -0.25) is 14.5 Å². The number of ether oxygens (including phenoxy) is 5. The largest absolute Gasteiger partial charge is 0.493 e.